The topological polar surface area (TPSA) is 67.2 Å². The van der Waals surface area contributed by atoms with Gasteiger partial charge in [-0.1, -0.05) is 42.5 Å². The average molecular weight is 370 g/mol. The smallest absolute Gasteiger partial charge is 0.256 e. The molecule has 0 radical (unpaired) electrons. The van der Waals surface area contributed by atoms with Gasteiger partial charge in [0, 0.05) is 25.0 Å². The zero-order valence-electron chi connectivity index (χ0n) is 15.4. The molecule has 1 fully saturated rings. The van der Waals surface area contributed by atoms with Gasteiger partial charge in [-0.3, -0.25) is 9.36 Å². The highest BCUT2D eigenvalue weighted by molar-refractivity contribution is 6.10. The molecule has 5 heterocycles. The van der Waals surface area contributed by atoms with Crippen molar-refractivity contribution in [2.45, 2.75) is 24.4 Å². The summed E-state index contributed by atoms with van der Waals surface area (Å²) in [6.07, 6.45) is 11.4. The Kier molecular flexibility index (Phi) is 2.94. The van der Waals surface area contributed by atoms with E-state index in [1.165, 1.54) is 0 Å². The van der Waals surface area contributed by atoms with Crippen LogP contribution < -0.4 is 9.80 Å². The van der Waals surface area contributed by atoms with Crippen molar-refractivity contribution >= 4 is 17.4 Å². The number of nitrogens with zero attached hydrogens (tertiary/aromatic N) is 6. The maximum atomic E-state index is 13.1. The fraction of sp³-hybridized carbons (Fsp3) is 0.238. The van der Waals surface area contributed by atoms with Gasteiger partial charge in [0.15, 0.2) is 5.82 Å². The normalized spacial score (nSPS) is 24.6. The summed E-state index contributed by atoms with van der Waals surface area (Å²) < 4.78 is 1.89. The van der Waals surface area contributed by atoms with E-state index in [0.717, 1.165) is 35.7 Å². The summed E-state index contributed by atoms with van der Waals surface area (Å²) in [6, 6.07) is 10.2. The molecule has 1 saturated heterocycles. The van der Waals surface area contributed by atoms with Gasteiger partial charge in [0.05, 0.1) is 12.2 Å². The van der Waals surface area contributed by atoms with Gasteiger partial charge in [-0.15, -0.1) is 0 Å². The molecule has 0 N–H and O–H groups in total. The highest BCUT2D eigenvalue weighted by Crippen LogP contribution is 2.51. The highest BCUT2D eigenvalue weighted by Gasteiger charge is 2.58. The lowest BCUT2D eigenvalue weighted by molar-refractivity contribution is -0.121. The maximum Gasteiger partial charge on any atom is 0.256 e. The number of carbonyl (C=O) groups is 1. The first kappa shape index (κ1) is 15.6. The first-order chi connectivity index (χ1) is 13.7. The largest absolute Gasteiger partial charge is 0.330 e. The van der Waals surface area contributed by atoms with Gasteiger partial charge in [-0.2, -0.15) is 4.98 Å². The summed E-state index contributed by atoms with van der Waals surface area (Å²) in [5.41, 5.74) is 1.16. The molecule has 1 amide bonds. The number of carbonyl (C=O) groups excluding carboxylic acids is 1. The van der Waals surface area contributed by atoms with Gasteiger partial charge in [-0.05, 0) is 12.8 Å². The first-order valence-electron chi connectivity index (χ1n) is 9.42. The Balaban J connectivity index is 1.52. The van der Waals surface area contributed by atoms with Gasteiger partial charge in [-0.25, -0.2) is 9.97 Å². The third-order valence-corrected chi connectivity index (χ3v) is 6.07. The molecule has 0 saturated carbocycles. The molecule has 7 nitrogen and oxygen atoms in total. The summed E-state index contributed by atoms with van der Waals surface area (Å²) in [6.45, 7) is 0. The van der Waals surface area contributed by atoms with Crippen LogP contribution >= 0.6 is 0 Å². The zero-order chi connectivity index (χ0) is 18.9. The van der Waals surface area contributed by atoms with Crippen LogP contribution in [0.4, 0.5) is 11.5 Å². The Morgan fingerprint density at radius 3 is 2.82 bits per heavy atom. The van der Waals surface area contributed by atoms with Crippen LogP contribution in [0.15, 0.2) is 61.1 Å². The number of anilines is 2. The Hall–Kier alpha value is -3.48. The zero-order valence-corrected chi connectivity index (χ0v) is 15.4. The standard InChI is InChI=1S/C21H18N6O/c1-25-16-13-23-20(26-12-11-22-17(26)14-5-3-2-4-6-14)24-18(16)27-15-7-9-21(27,10-8-15)19(25)28/h2-7,9,11-13,15H,8,10H2,1H3. The Morgan fingerprint density at radius 2 is 2.04 bits per heavy atom. The minimum atomic E-state index is -0.588. The Bertz CT molecular complexity index is 1140. The van der Waals surface area contributed by atoms with Crippen LogP contribution in [-0.2, 0) is 4.79 Å². The molecular formula is C21H18N6O. The van der Waals surface area contributed by atoms with Gasteiger partial charge in [0.1, 0.15) is 17.1 Å². The second-order valence-electron chi connectivity index (χ2n) is 7.49. The third kappa shape index (κ3) is 1.83. The van der Waals surface area contributed by atoms with E-state index >= 15 is 0 Å². The van der Waals surface area contributed by atoms with Crippen molar-refractivity contribution in [1.29, 1.82) is 0 Å². The van der Waals surface area contributed by atoms with Gasteiger partial charge in [0.2, 0.25) is 5.95 Å². The SMILES string of the molecule is CN1C(=O)C23C=CC(CC2)N3c2nc(-n3ccnc3-c3ccccc3)ncc21. The fourth-order valence-electron chi connectivity index (χ4n) is 4.71. The quantitative estimate of drug-likeness (QED) is 0.649. The van der Waals surface area contributed by atoms with Crippen LogP contribution in [0.5, 0.6) is 0 Å². The average Bonchev–Trinajstić information content (AvgIpc) is 3.46. The lowest BCUT2D eigenvalue weighted by Gasteiger charge is -2.42. The summed E-state index contributed by atoms with van der Waals surface area (Å²) in [5.74, 6) is 2.25. The molecule has 28 heavy (non-hydrogen) atoms. The monoisotopic (exact) mass is 370 g/mol. The predicted molar refractivity (Wildman–Crippen MR) is 105 cm³/mol. The van der Waals surface area contributed by atoms with Gasteiger partial charge < -0.3 is 9.80 Å². The van der Waals surface area contributed by atoms with Crippen molar-refractivity contribution in [3.63, 3.8) is 0 Å². The lowest BCUT2D eigenvalue weighted by atomic mass is 9.90. The molecule has 3 aliphatic heterocycles. The number of fused-ring (bicyclic) bond motifs is 1. The maximum absolute atomic E-state index is 13.1. The number of aromatic nitrogens is 4. The number of benzene rings is 1. The number of rotatable bonds is 2. The highest BCUT2D eigenvalue weighted by atomic mass is 16.2. The number of hydrogen-bond acceptors (Lipinski definition) is 5. The number of imidazole rings is 1. The van der Waals surface area contributed by atoms with E-state index in [2.05, 4.69) is 27.0 Å². The number of amides is 1. The van der Waals surface area contributed by atoms with E-state index in [0.29, 0.717) is 5.95 Å². The van der Waals surface area contributed by atoms with E-state index in [1.54, 1.807) is 17.3 Å². The molecule has 2 atom stereocenters. The number of likely N-dealkylation sites (N-methyl/N-ethyl adjacent to an activating group) is 1. The van der Waals surface area contributed by atoms with Crippen LogP contribution in [-0.4, -0.2) is 44.1 Å². The lowest BCUT2D eigenvalue weighted by Crippen LogP contribution is -2.58. The van der Waals surface area contributed by atoms with Crippen molar-refractivity contribution < 1.29 is 4.79 Å². The molecule has 3 aromatic rings. The van der Waals surface area contributed by atoms with E-state index in [9.17, 15) is 4.79 Å². The van der Waals surface area contributed by atoms with Crippen LogP contribution in [0.1, 0.15) is 12.8 Å². The number of hydrogen-bond donors (Lipinski definition) is 0. The molecule has 138 valence electrons. The van der Waals surface area contributed by atoms with Crippen molar-refractivity contribution in [3.8, 4) is 17.3 Å². The molecule has 3 aliphatic rings. The van der Waals surface area contributed by atoms with Gasteiger partial charge >= 0.3 is 0 Å². The Labute approximate surface area is 162 Å². The molecule has 1 aromatic carbocycles. The molecule has 0 aliphatic carbocycles. The van der Waals surface area contributed by atoms with E-state index in [1.807, 2.05) is 48.1 Å². The van der Waals surface area contributed by atoms with Crippen molar-refractivity contribution in [3.05, 3.63) is 61.1 Å². The third-order valence-electron chi connectivity index (χ3n) is 6.07. The molecule has 2 bridgehead atoms. The Morgan fingerprint density at radius 1 is 1.18 bits per heavy atom. The molecule has 2 unspecified atom stereocenters. The first-order valence-corrected chi connectivity index (χ1v) is 9.42. The summed E-state index contributed by atoms with van der Waals surface area (Å²) in [4.78, 5) is 30.9. The molecule has 0 spiro atoms. The summed E-state index contributed by atoms with van der Waals surface area (Å²) in [5, 5.41) is 0. The van der Waals surface area contributed by atoms with Crippen LogP contribution in [0.25, 0.3) is 17.3 Å². The summed E-state index contributed by atoms with van der Waals surface area (Å²) >= 11 is 0. The van der Waals surface area contributed by atoms with E-state index in [-0.39, 0.29) is 11.9 Å². The predicted octanol–water partition coefficient (Wildman–Crippen LogP) is 2.58. The van der Waals surface area contributed by atoms with E-state index in [4.69, 9.17) is 4.98 Å². The van der Waals surface area contributed by atoms with Crippen molar-refractivity contribution in [2.75, 3.05) is 16.8 Å². The minimum Gasteiger partial charge on any atom is -0.330 e. The van der Waals surface area contributed by atoms with Gasteiger partial charge in [0.25, 0.3) is 5.91 Å². The van der Waals surface area contributed by atoms with Crippen LogP contribution in [0, 0.1) is 0 Å². The molecule has 7 heteroatoms. The second-order valence-corrected chi connectivity index (χ2v) is 7.49. The van der Waals surface area contributed by atoms with Crippen molar-refractivity contribution in [2.24, 2.45) is 0 Å². The fourth-order valence-corrected chi connectivity index (χ4v) is 4.71. The molecule has 6 rings (SSSR count). The minimum absolute atomic E-state index is 0.0974. The van der Waals surface area contributed by atoms with Crippen LogP contribution in [0.2, 0.25) is 0 Å². The molecule has 2 aromatic heterocycles. The molecular weight excluding hydrogens is 352 g/mol. The van der Waals surface area contributed by atoms with E-state index < -0.39 is 5.54 Å². The van der Waals surface area contributed by atoms with Crippen molar-refractivity contribution in [1.82, 2.24) is 19.5 Å². The van der Waals surface area contributed by atoms with Crippen LogP contribution in [0.3, 0.4) is 0 Å². The second kappa shape index (κ2) is 5.28. The summed E-state index contributed by atoms with van der Waals surface area (Å²) in [7, 11) is 1.81.